The summed E-state index contributed by atoms with van der Waals surface area (Å²) in [5, 5.41) is 2.82. The number of amides is 1. The minimum atomic E-state index is -4.09. The Kier molecular flexibility index (Phi) is 6.91. The number of halogens is 1. The van der Waals surface area contributed by atoms with Crippen molar-refractivity contribution in [1.82, 2.24) is 5.32 Å². The lowest BCUT2D eigenvalue weighted by Crippen LogP contribution is -2.41. The van der Waals surface area contributed by atoms with E-state index < -0.39 is 28.3 Å². The molecule has 0 radical (unpaired) electrons. The maximum Gasteiger partial charge on any atom is 0.264 e. The number of para-hydroxylation sites is 1. The van der Waals surface area contributed by atoms with E-state index in [9.17, 15) is 17.6 Å². The predicted octanol–water partition coefficient (Wildman–Crippen LogP) is 3.91. The highest BCUT2D eigenvalue weighted by atomic mass is 32.2. The number of methoxy groups -OCH3 is 1. The van der Waals surface area contributed by atoms with Gasteiger partial charge in [-0.25, -0.2) is 12.8 Å². The van der Waals surface area contributed by atoms with Crippen molar-refractivity contribution in [2.45, 2.75) is 17.9 Å². The minimum Gasteiger partial charge on any atom is -0.497 e. The van der Waals surface area contributed by atoms with Gasteiger partial charge in [0.15, 0.2) is 0 Å². The smallest absolute Gasteiger partial charge is 0.264 e. The van der Waals surface area contributed by atoms with E-state index in [1.807, 2.05) is 12.1 Å². The summed E-state index contributed by atoms with van der Waals surface area (Å²) in [6, 6.07) is 19.7. The number of carbonyl (C=O) groups is 1. The summed E-state index contributed by atoms with van der Waals surface area (Å²) in [4.78, 5) is 12.7. The molecular formula is C23H23FN2O4S. The first kappa shape index (κ1) is 22.3. The summed E-state index contributed by atoms with van der Waals surface area (Å²) in [6.45, 7) is 1.38. The Labute approximate surface area is 181 Å². The highest BCUT2D eigenvalue weighted by Gasteiger charge is 2.27. The van der Waals surface area contributed by atoms with Gasteiger partial charge in [-0.05, 0) is 61.0 Å². The molecule has 0 aliphatic carbocycles. The van der Waals surface area contributed by atoms with Crippen molar-refractivity contribution in [2.75, 3.05) is 18.0 Å². The molecule has 0 aliphatic heterocycles. The minimum absolute atomic E-state index is 0.103. The van der Waals surface area contributed by atoms with Crippen LogP contribution in [0.4, 0.5) is 10.1 Å². The second-order valence-corrected chi connectivity index (χ2v) is 8.73. The molecule has 8 heteroatoms. The quantitative estimate of drug-likeness (QED) is 0.574. The van der Waals surface area contributed by atoms with Crippen LogP contribution in [0, 0.1) is 5.82 Å². The van der Waals surface area contributed by atoms with Crippen LogP contribution in [-0.4, -0.2) is 28.0 Å². The molecule has 0 aromatic heterocycles. The zero-order chi connectivity index (χ0) is 22.4. The van der Waals surface area contributed by atoms with Crippen molar-refractivity contribution in [3.8, 4) is 5.75 Å². The van der Waals surface area contributed by atoms with Crippen LogP contribution in [-0.2, 0) is 14.8 Å². The number of carbonyl (C=O) groups excluding carboxylic acids is 1. The lowest BCUT2D eigenvalue weighted by Gasteiger charge is -2.25. The normalized spacial score (nSPS) is 12.1. The van der Waals surface area contributed by atoms with E-state index in [2.05, 4.69) is 5.32 Å². The lowest BCUT2D eigenvalue weighted by atomic mass is 10.1. The van der Waals surface area contributed by atoms with Gasteiger partial charge in [-0.15, -0.1) is 0 Å². The van der Waals surface area contributed by atoms with Crippen molar-refractivity contribution in [3.05, 3.63) is 90.2 Å². The number of hydrogen-bond acceptors (Lipinski definition) is 4. The van der Waals surface area contributed by atoms with Gasteiger partial charge in [0.2, 0.25) is 5.91 Å². The van der Waals surface area contributed by atoms with Crippen LogP contribution in [0.3, 0.4) is 0 Å². The van der Waals surface area contributed by atoms with Crippen molar-refractivity contribution in [1.29, 1.82) is 0 Å². The molecule has 1 atom stereocenters. The Hall–Kier alpha value is -3.39. The second kappa shape index (κ2) is 9.61. The van der Waals surface area contributed by atoms with Crippen LogP contribution in [0.1, 0.15) is 18.5 Å². The summed E-state index contributed by atoms with van der Waals surface area (Å²) in [5.74, 6) is -0.322. The molecular weight excluding hydrogens is 419 g/mol. The van der Waals surface area contributed by atoms with Crippen LogP contribution in [0.5, 0.6) is 5.75 Å². The number of hydrogen-bond donors (Lipinski definition) is 1. The summed E-state index contributed by atoms with van der Waals surface area (Å²) >= 11 is 0. The van der Waals surface area contributed by atoms with Gasteiger partial charge in [0.05, 0.1) is 23.7 Å². The topological polar surface area (TPSA) is 75.7 Å². The first-order valence-electron chi connectivity index (χ1n) is 9.58. The van der Waals surface area contributed by atoms with Gasteiger partial charge in [0.1, 0.15) is 18.1 Å². The van der Waals surface area contributed by atoms with Gasteiger partial charge < -0.3 is 10.1 Å². The number of anilines is 1. The van der Waals surface area contributed by atoms with Crippen LogP contribution < -0.4 is 14.4 Å². The maximum atomic E-state index is 13.3. The highest BCUT2D eigenvalue weighted by Crippen LogP contribution is 2.24. The third-order valence-corrected chi connectivity index (χ3v) is 6.51. The molecule has 3 aromatic rings. The average Bonchev–Trinajstić information content (AvgIpc) is 2.78. The summed E-state index contributed by atoms with van der Waals surface area (Å²) in [5.41, 5.74) is 1.18. The highest BCUT2D eigenvalue weighted by molar-refractivity contribution is 7.92. The molecule has 3 aromatic carbocycles. The number of benzene rings is 3. The summed E-state index contributed by atoms with van der Waals surface area (Å²) in [7, 11) is -2.52. The molecule has 0 saturated heterocycles. The van der Waals surface area contributed by atoms with Crippen molar-refractivity contribution < 1.29 is 22.3 Å². The third kappa shape index (κ3) is 5.40. The molecule has 162 valence electrons. The zero-order valence-electron chi connectivity index (χ0n) is 17.2. The standard InChI is InChI=1S/C23H23FN2O4S/c1-17(18-8-12-21(30-2)13-9-18)25-23(27)16-26(20-6-4-3-5-7-20)31(28,29)22-14-10-19(24)11-15-22/h3-15,17H,16H2,1-2H3,(H,25,27)/t17-/m1/s1. The van der Waals surface area contributed by atoms with Gasteiger partial charge >= 0.3 is 0 Å². The molecule has 6 nitrogen and oxygen atoms in total. The van der Waals surface area contributed by atoms with Gasteiger partial charge in [0.25, 0.3) is 10.0 Å². The molecule has 0 heterocycles. The van der Waals surface area contributed by atoms with Crippen LogP contribution >= 0.6 is 0 Å². The molecule has 0 spiro atoms. The number of rotatable bonds is 8. The Morgan fingerprint density at radius 3 is 2.19 bits per heavy atom. The first-order valence-corrected chi connectivity index (χ1v) is 11.0. The Bertz CT molecular complexity index is 1120. The lowest BCUT2D eigenvalue weighted by molar-refractivity contribution is -0.120. The summed E-state index contributed by atoms with van der Waals surface area (Å²) in [6.07, 6.45) is 0. The van der Waals surface area contributed by atoms with E-state index in [4.69, 9.17) is 4.74 Å². The van der Waals surface area contributed by atoms with E-state index in [0.717, 1.165) is 22.0 Å². The number of nitrogens with zero attached hydrogens (tertiary/aromatic N) is 1. The molecule has 0 fully saturated rings. The van der Waals surface area contributed by atoms with E-state index in [0.29, 0.717) is 11.4 Å². The molecule has 0 bridgehead atoms. The fraction of sp³-hybridized carbons (Fsp3) is 0.174. The average molecular weight is 443 g/mol. The molecule has 3 rings (SSSR count). The molecule has 1 N–H and O–H groups in total. The maximum absolute atomic E-state index is 13.3. The van der Waals surface area contributed by atoms with E-state index >= 15 is 0 Å². The molecule has 0 aliphatic rings. The predicted molar refractivity (Wildman–Crippen MR) is 117 cm³/mol. The number of ether oxygens (including phenoxy) is 1. The first-order chi connectivity index (χ1) is 14.8. The Morgan fingerprint density at radius 2 is 1.61 bits per heavy atom. The fourth-order valence-electron chi connectivity index (χ4n) is 3.04. The van der Waals surface area contributed by atoms with Crippen LogP contribution in [0.15, 0.2) is 83.8 Å². The molecule has 31 heavy (non-hydrogen) atoms. The largest absolute Gasteiger partial charge is 0.497 e. The molecule has 0 saturated carbocycles. The van der Waals surface area contributed by atoms with Gasteiger partial charge in [-0.1, -0.05) is 30.3 Å². The monoisotopic (exact) mass is 442 g/mol. The molecule has 0 unspecified atom stereocenters. The molecule has 1 amide bonds. The fourth-order valence-corrected chi connectivity index (χ4v) is 4.46. The zero-order valence-corrected chi connectivity index (χ0v) is 18.0. The second-order valence-electron chi connectivity index (χ2n) is 6.86. The van der Waals surface area contributed by atoms with E-state index in [1.165, 1.54) is 12.1 Å². The van der Waals surface area contributed by atoms with Crippen LogP contribution in [0.25, 0.3) is 0 Å². The van der Waals surface area contributed by atoms with Crippen molar-refractivity contribution in [2.24, 2.45) is 0 Å². The Balaban J connectivity index is 1.83. The number of sulfonamides is 1. The van der Waals surface area contributed by atoms with E-state index in [1.54, 1.807) is 56.5 Å². The van der Waals surface area contributed by atoms with Crippen LogP contribution in [0.2, 0.25) is 0 Å². The van der Waals surface area contributed by atoms with Crippen molar-refractivity contribution >= 4 is 21.6 Å². The van der Waals surface area contributed by atoms with Gasteiger partial charge in [-0.2, -0.15) is 0 Å². The van der Waals surface area contributed by atoms with Crippen molar-refractivity contribution in [3.63, 3.8) is 0 Å². The van der Waals surface area contributed by atoms with Gasteiger partial charge in [-0.3, -0.25) is 9.10 Å². The Morgan fingerprint density at radius 1 is 1.00 bits per heavy atom. The SMILES string of the molecule is COc1ccc([C@@H](C)NC(=O)CN(c2ccccc2)S(=O)(=O)c2ccc(F)cc2)cc1. The van der Waals surface area contributed by atoms with Gasteiger partial charge in [0, 0.05) is 0 Å². The number of nitrogens with one attached hydrogen (secondary N) is 1. The van der Waals surface area contributed by atoms with E-state index in [-0.39, 0.29) is 10.9 Å². The third-order valence-electron chi connectivity index (χ3n) is 4.73. The summed E-state index contributed by atoms with van der Waals surface area (Å²) < 4.78 is 45.9.